The zero-order valence-corrected chi connectivity index (χ0v) is 13.7. The fraction of sp³-hybridized carbons (Fsp3) is 0.235. The molecule has 3 aromatic rings. The predicted molar refractivity (Wildman–Crippen MR) is 96.7 cm³/mol. The molecule has 0 fully saturated rings. The summed E-state index contributed by atoms with van der Waals surface area (Å²) in [7, 11) is 0. The van der Waals surface area contributed by atoms with Crippen molar-refractivity contribution < 1.29 is 5.11 Å². The Labute approximate surface area is 145 Å². The van der Waals surface area contributed by atoms with Gasteiger partial charge < -0.3 is 10.4 Å². The predicted octanol–water partition coefficient (Wildman–Crippen LogP) is 1.77. The first kappa shape index (κ1) is 16.7. The van der Waals surface area contributed by atoms with Gasteiger partial charge in [0.25, 0.3) is 0 Å². The van der Waals surface area contributed by atoms with Crippen LogP contribution in [0.5, 0.6) is 0 Å². The van der Waals surface area contributed by atoms with Crippen molar-refractivity contribution in [3.63, 3.8) is 0 Å². The van der Waals surface area contributed by atoms with Crippen LogP contribution in [0.2, 0.25) is 0 Å². The molecule has 0 aromatic carbocycles. The van der Waals surface area contributed by atoms with Crippen LogP contribution in [0.3, 0.4) is 0 Å². The van der Waals surface area contributed by atoms with Crippen LogP contribution in [0.15, 0.2) is 37.2 Å². The lowest BCUT2D eigenvalue weighted by molar-refractivity contribution is 0.311. The van der Waals surface area contributed by atoms with E-state index in [-0.39, 0.29) is 6.61 Å². The van der Waals surface area contributed by atoms with E-state index in [1.807, 2.05) is 24.3 Å². The van der Waals surface area contributed by atoms with Gasteiger partial charge in [0.15, 0.2) is 5.65 Å². The molecule has 0 bridgehead atoms. The van der Waals surface area contributed by atoms with Crippen molar-refractivity contribution in [1.29, 1.82) is 0 Å². The lowest BCUT2D eigenvalue weighted by Gasteiger charge is -2.03. The third kappa shape index (κ3) is 4.04. The molecule has 25 heavy (non-hydrogen) atoms. The first-order chi connectivity index (χ1) is 12.3. The zero-order valence-electron chi connectivity index (χ0n) is 13.7. The molecule has 128 valence electrons. The van der Waals surface area contributed by atoms with Gasteiger partial charge in [0.05, 0.1) is 18.5 Å². The number of aryl methyl sites for hydroxylation is 1. The number of nitrogens with one attached hydrogen (secondary N) is 1. The summed E-state index contributed by atoms with van der Waals surface area (Å²) in [6.45, 7) is 4.86. The van der Waals surface area contributed by atoms with E-state index >= 15 is 0 Å². The fourth-order valence-electron chi connectivity index (χ4n) is 2.31. The van der Waals surface area contributed by atoms with Crippen LogP contribution in [0, 0.1) is 0 Å². The van der Waals surface area contributed by atoms with E-state index in [1.165, 1.54) is 0 Å². The number of aliphatic hydroxyl groups excluding tert-OH is 1. The van der Waals surface area contributed by atoms with Crippen molar-refractivity contribution >= 4 is 29.3 Å². The van der Waals surface area contributed by atoms with Gasteiger partial charge in [0, 0.05) is 19.3 Å². The Morgan fingerprint density at radius 2 is 2.24 bits per heavy atom. The van der Waals surface area contributed by atoms with Crippen molar-refractivity contribution in [3.05, 3.63) is 48.4 Å². The molecule has 3 rings (SSSR count). The molecule has 0 saturated carbocycles. The van der Waals surface area contributed by atoms with Gasteiger partial charge in [-0.25, -0.2) is 14.6 Å². The monoisotopic (exact) mass is 337 g/mol. The Morgan fingerprint density at radius 3 is 3.08 bits per heavy atom. The van der Waals surface area contributed by atoms with E-state index in [9.17, 15) is 0 Å². The standard InChI is InChI=1S/C17H19N7O/c1-2-13-6-5-8-18-14(13)7-3-4-10-24-17-16(22-23-24)20-12-15(21-17)19-9-11-25/h2-3,5-8,12,25H,1,4,9-11H2,(H,19,21)/b7-3-. The highest BCUT2D eigenvalue weighted by Crippen LogP contribution is 2.11. The largest absolute Gasteiger partial charge is 0.395 e. The van der Waals surface area contributed by atoms with Crippen LogP contribution < -0.4 is 5.32 Å². The summed E-state index contributed by atoms with van der Waals surface area (Å²) < 4.78 is 1.71. The van der Waals surface area contributed by atoms with Crippen LogP contribution in [-0.4, -0.2) is 48.2 Å². The number of aromatic nitrogens is 6. The van der Waals surface area contributed by atoms with Gasteiger partial charge in [-0.15, -0.1) is 5.10 Å². The molecule has 0 radical (unpaired) electrons. The van der Waals surface area contributed by atoms with Gasteiger partial charge in [-0.05, 0) is 24.1 Å². The van der Waals surface area contributed by atoms with Crippen LogP contribution in [0.25, 0.3) is 23.4 Å². The second kappa shape index (κ2) is 8.11. The van der Waals surface area contributed by atoms with Gasteiger partial charge in [0.2, 0.25) is 5.65 Å². The SMILES string of the molecule is C=Cc1cccnc1/C=C\CCn1nnc2ncc(NCCO)nc21. The van der Waals surface area contributed by atoms with Crippen LogP contribution >= 0.6 is 0 Å². The maximum absolute atomic E-state index is 8.87. The molecule has 0 spiro atoms. The molecule has 0 aliphatic carbocycles. The Bertz CT molecular complexity index is 888. The number of hydrogen-bond acceptors (Lipinski definition) is 7. The van der Waals surface area contributed by atoms with Crippen LogP contribution in [-0.2, 0) is 6.54 Å². The zero-order chi connectivity index (χ0) is 17.5. The van der Waals surface area contributed by atoms with Crippen molar-refractivity contribution in [1.82, 2.24) is 29.9 Å². The topological polar surface area (TPSA) is 102 Å². The molecule has 0 aliphatic rings. The second-order valence-corrected chi connectivity index (χ2v) is 5.24. The summed E-state index contributed by atoms with van der Waals surface area (Å²) in [5.41, 5.74) is 2.99. The number of hydrogen-bond donors (Lipinski definition) is 2. The summed E-state index contributed by atoms with van der Waals surface area (Å²) in [4.78, 5) is 13.0. The number of nitrogens with zero attached hydrogens (tertiary/aromatic N) is 6. The third-order valence-corrected chi connectivity index (χ3v) is 3.52. The van der Waals surface area contributed by atoms with E-state index in [0.29, 0.717) is 30.2 Å². The maximum Gasteiger partial charge on any atom is 0.221 e. The normalized spacial score (nSPS) is 11.2. The molecule has 0 unspecified atom stereocenters. The molecule has 3 aromatic heterocycles. The second-order valence-electron chi connectivity index (χ2n) is 5.24. The summed E-state index contributed by atoms with van der Waals surface area (Å²) >= 11 is 0. The molecular weight excluding hydrogens is 318 g/mol. The third-order valence-electron chi connectivity index (χ3n) is 3.52. The first-order valence-electron chi connectivity index (χ1n) is 7.97. The minimum Gasteiger partial charge on any atom is -0.395 e. The average molecular weight is 337 g/mol. The number of anilines is 1. The molecule has 2 N–H and O–H groups in total. The molecule has 0 amide bonds. The highest BCUT2D eigenvalue weighted by Gasteiger charge is 2.07. The summed E-state index contributed by atoms with van der Waals surface area (Å²) in [6, 6.07) is 3.86. The maximum atomic E-state index is 8.87. The quantitative estimate of drug-likeness (QED) is 0.646. The minimum atomic E-state index is 0.0300. The van der Waals surface area contributed by atoms with Gasteiger partial charge in [-0.3, -0.25) is 4.98 Å². The molecule has 0 saturated heterocycles. The first-order valence-corrected chi connectivity index (χ1v) is 7.97. The Morgan fingerprint density at radius 1 is 1.32 bits per heavy atom. The van der Waals surface area contributed by atoms with Crippen LogP contribution in [0.4, 0.5) is 5.82 Å². The summed E-state index contributed by atoms with van der Waals surface area (Å²) in [6.07, 6.45) is 9.87. The van der Waals surface area contributed by atoms with Crippen LogP contribution in [0.1, 0.15) is 17.7 Å². The van der Waals surface area contributed by atoms with Crippen molar-refractivity contribution in [3.8, 4) is 0 Å². The van der Waals surface area contributed by atoms with E-state index < -0.39 is 0 Å². The van der Waals surface area contributed by atoms with Crippen molar-refractivity contribution in [2.45, 2.75) is 13.0 Å². The van der Waals surface area contributed by atoms with E-state index in [0.717, 1.165) is 17.7 Å². The highest BCUT2D eigenvalue weighted by molar-refractivity contribution is 5.66. The molecular formula is C17H19N7O. The Kier molecular flexibility index (Phi) is 5.43. The van der Waals surface area contributed by atoms with E-state index in [1.54, 1.807) is 23.2 Å². The number of aliphatic hydroxyl groups is 1. The molecule has 0 atom stereocenters. The molecule has 8 heteroatoms. The lowest BCUT2D eigenvalue weighted by atomic mass is 10.2. The number of fused-ring (bicyclic) bond motifs is 1. The molecule has 3 heterocycles. The van der Waals surface area contributed by atoms with E-state index in [4.69, 9.17) is 5.11 Å². The summed E-state index contributed by atoms with van der Waals surface area (Å²) in [5, 5.41) is 20.0. The number of pyridine rings is 1. The highest BCUT2D eigenvalue weighted by atomic mass is 16.3. The number of rotatable bonds is 8. The van der Waals surface area contributed by atoms with E-state index in [2.05, 4.69) is 37.2 Å². The van der Waals surface area contributed by atoms with Gasteiger partial charge in [-0.2, -0.15) is 0 Å². The molecule has 0 aliphatic heterocycles. The Balaban J connectivity index is 1.68. The van der Waals surface area contributed by atoms with Crippen molar-refractivity contribution in [2.75, 3.05) is 18.5 Å². The van der Waals surface area contributed by atoms with Gasteiger partial charge >= 0.3 is 0 Å². The average Bonchev–Trinajstić information content (AvgIpc) is 3.06. The lowest BCUT2D eigenvalue weighted by Crippen LogP contribution is -2.08. The Hall–Kier alpha value is -3.13. The van der Waals surface area contributed by atoms with Gasteiger partial charge in [-0.1, -0.05) is 30.0 Å². The van der Waals surface area contributed by atoms with Gasteiger partial charge in [0.1, 0.15) is 5.82 Å². The van der Waals surface area contributed by atoms with Crippen molar-refractivity contribution in [2.24, 2.45) is 0 Å². The smallest absolute Gasteiger partial charge is 0.221 e. The fourth-order valence-corrected chi connectivity index (χ4v) is 2.31. The minimum absolute atomic E-state index is 0.0300. The number of allylic oxidation sites excluding steroid dienone is 1. The summed E-state index contributed by atoms with van der Waals surface area (Å²) in [5.74, 6) is 0.588. The molecule has 8 nitrogen and oxygen atoms in total.